The number of carbonyl (C=O) groups excluding carboxylic acids is 3. The molecule has 0 unspecified atom stereocenters. The highest BCUT2D eigenvalue weighted by molar-refractivity contribution is 6.09. The van der Waals surface area contributed by atoms with Gasteiger partial charge >= 0.3 is 5.97 Å². The molecule has 37 heavy (non-hydrogen) atoms. The van der Waals surface area contributed by atoms with Crippen molar-refractivity contribution < 1.29 is 33.3 Å². The molecule has 7 nitrogen and oxygen atoms in total. The zero-order chi connectivity index (χ0) is 25.8. The molecule has 0 amide bonds. The van der Waals surface area contributed by atoms with E-state index < -0.39 is 5.97 Å². The second-order valence-electron chi connectivity index (χ2n) is 7.49. The first-order valence-electron chi connectivity index (χ1n) is 11.2. The third-order valence-corrected chi connectivity index (χ3v) is 4.94. The second-order valence-corrected chi connectivity index (χ2v) is 7.49. The van der Waals surface area contributed by atoms with Gasteiger partial charge in [-0.2, -0.15) is 0 Å². The monoisotopic (exact) mass is 502 g/mol. The predicted molar refractivity (Wildman–Crippen MR) is 141 cm³/mol. The van der Waals surface area contributed by atoms with Gasteiger partial charge in [0.25, 0.3) is 0 Å². The van der Waals surface area contributed by atoms with Crippen LogP contribution in [0.5, 0.6) is 17.2 Å². The molecule has 0 fully saturated rings. The van der Waals surface area contributed by atoms with Crippen molar-refractivity contribution in [3.8, 4) is 17.2 Å². The van der Waals surface area contributed by atoms with E-state index in [-0.39, 0.29) is 25.6 Å². The van der Waals surface area contributed by atoms with Gasteiger partial charge in [-0.1, -0.05) is 20.6 Å². The first-order valence-corrected chi connectivity index (χ1v) is 11.2. The van der Waals surface area contributed by atoms with Crippen molar-refractivity contribution in [2.45, 2.75) is 13.8 Å². The predicted octanol–water partition coefficient (Wildman–Crippen LogP) is 5.84. The van der Waals surface area contributed by atoms with Crippen LogP contribution in [0.25, 0.3) is 0 Å². The molecule has 0 aliphatic carbocycles. The molecular weight excluding hydrogens is 472 g/mol. The van der Waals surface area contributed by atoms with E-state index in [0.717, 1.165) is 0 Å². The van der Waals surface area contributed by atoms with Gasteiger partial charge < -0.3 is 18.9 Å². The fraction of sp³-hybridized carbons (Fsp3) is 0.167. The van der Waals surface area contributed by atoms with Crippen LogP contribution < -0.4 is 14.2 Å². The van der Waals surface area contributed by atoms with E-state index in [1.54, 1.807) is 72.8 Å². The molecule has 0 heterocycles. The van der Waals surface area contributed by atoms with Crippen molar-refractivity contribution in [2.75, 3.05) is 19.8 Å². The Labute approximate surface area is 216 Å². The van der Waals surface area contributed by atoms with Crippen molar-refractivity contribution in [1.82, 2.24) is 0 Å². The van der Waals surface area contributed by atoms with Crippen LogP contribution in [0.4, 0.5) is 0 Å². The summed E-state index contributed by atoms with van der Waals surface area (Å²) in [6.45, 7) is 7.76. The van der Waals surface area contributed by atoms with Crippen molar-refractivity contribution in [3.05, 3.63) is 115 Å². The minimum Gasteiger partial charge on any atom is -0.502 e. The van der Waals surface area contributed by atoms with Crippen molar-refractivity contribution in [2.24, 2.45) is 0 Å². The molecule has 7 heteroatoms. The summed E-state index contributed by atoms with van der Waals surface area (Å²) in [5.74, 6) is 0.469. The van der Waals surface area contributed by atoms with Crippen LogP contribution >= 0.6 is 0 Å². The van der Waals surface area contributed by atoms with Crippen LogP contribution in [-0.2, 0) is 9.53 Å². The van der Waals surface area contributed by atoms with E-state index in [0.29, 0.717) is 53.6 Å². The Morgan fingerprint density at radius 2 is 1.19 bits per heavy atom. The molecule has 0 atom stereocenters. The van der Waals surface area contributed by atoms with Crippen LogP contribution in [-0.4, -0.2) is 37.4 Å². The molecule has 0 radical (unpaired) electrons. The van der Waals surface area contributed by atoms with Crippen LogP contribution in [0.1, 0.15) is 40.1 Å². The molecule has 0 spiro atoms. The lowest BCUT2D eigenvalue weighted by Crippen LogP contribution is -2.09. The van der Waals surface area contributed by atoms with Gasteiger partial charge in [-0.3, -0.25) is 9.59 Å². The van der Waals surface area contributed by atoms with E-state index in [1.807, 2.05) is 0 Å². The van der Waals surface area contributed by atoms with E-state index >= 15 is 0 Å². The summed E-state index contributed by atoms with van der Waals surface area (Å²) in [5, 5.41) is 0. The minimum atomic E-state index is -0.523. The third-order valence-electron chi connectivity index (χ3n) is 4.94. The lowest BCUT2D eigenvalue weighted by atomic mass is 10.0. The summed E-state index contributed by atoms with van der Waals surface area (Å²) < 4.78 is 21.4. The maximum absolute atomic E-state index is 12.7. The summed E-state index contributed by atoms with van der Waals surface area (Å²) in [5.41, 5.74) is 1.26. The van der Waals surface area contributed by atoms with Gasteiger partial charge in [0.1, 0.15) is 17.2 Å². The minimum absolute atomic E-state index is 0. The third kappa shape index (κ3) is 8.81. The average molecular weight is 503 g/mol. The van der Waals surface area contributed by atoms with Crippen LogP contribution in [0.2, 0.25) is 0 Å². The van der Waals surface area contributed by atoms with Crippen LogP contribution in [0, 0.1) is 0 Å². The molecule has 0 N–H and O–H groups in total. The molecule has 192 valence electrons. The van der Waals surface area contributed by atoms with E-state index in [9.17, 15) is 14.4 Å². The smallest absolute Gasteiger partial charge is 0.343 e. The van der Waals surface area contributed by atoms with Gasteiger partial charge in [0.2, 0.25) is 0 Å². The Morgan fingerprint density at radius 1 is 0.676 bits per heavy atom. The van der Waals surface area contributed by atoms with Crippen LogP contribution in [0.15, 0.2) is 98.3 Å². The number of esters is 1. The van der Waals surface area contributed by atoms with Gasteiger partial charge in [-0.25, -0.2) is 4.79 Å². The normalized spacial score (nSPS) is 9.84. The quantitative estimate of drug-likeness (QED) is 0.0684. The molecule has 0 saturated heterocycles. The molecule has 0 aromatic heterocycles. The summed E-state index contributed by atoms with van der Waals surface area (Å²) in [6.07, 6.45) is 3.29. The average Bonchev–Trinajstić information content (AvgIpc) is 2.92. The first-order chi connectivity index (χ1) is 17.5. The summed E-state index contributed by atoms with van der Waals surface area (Å²) in [7, 11) is 0. The van der Waals surface area contributed by atoms with Gasteiger partial charge in [0, 0.05) is 17.5 Å². The van der Waals surface area contributed by atoms with Gasteiger partial charge in [0.05, 0.1) is 25.0 Å². The fourth-order valence-corrected chi connectivity index (χ4v) is 3.03. The molecular formula is C30H30O7. The number of hydrogen-bond acceptors (Lipinski definition) is 7. The molecule has 0 saturated carbocycles. The highest BCUT2D eigenvalue weighted by Crippen LogP contribution is 2.20. The standard InChI is InChI=1S/C29H26O7.CH4/c1-3-24(30)20-35-26-12-6-21(7-13-26)28(31)22-8-16-27(17-9-22)36-29(32)23-10-14-25(15-11-23)34-19-5-18-33-4-2;/h3-4,6-17H,1-2,5,18-20H2;1H4. The summed E-state index contributed by atoms with van der Waals surface area (Å²) in [4.78, 5) is 36.5. The molecule has 3 aromatic rings. The van der Waals surface area contributed by atoms with E-state index in [4.69, 9.17) is 18.9 Å². The molecule has 0 bridgehead atoms. The van der Waals surface area contributed by atoms with Crippen molar-refractivity contribution in [1.29, 1.82) is 0 Å². The zero-order valence-corrected chi connectivity index (χ0v) is 19.7. The maximum atomic E-state index is 12.7. The fourth-order valence-electron chi connectivity index (χ4n) is 3.03. The van der Waals surface area contributed by atoms with Gasteiger partial charge in [-0.05, 0) is 78.9 Å². The Balaban J connectivity index is 0.00000481. The number of ketones is 2. The number of hydrogen-bond donors (Lipinski definition) is 0. The first kappa shape index (κ1) is 28.6. The summed E-state index contributed by atoms with van der Waals surface area (Å²) >= 11 is 0. The molecule has 3 aromatic carbocycles. The Kier molecular flexibility index (Phi) is 11.3. The van der Waals surface area contributed by atoms with Gasteiger partial charge in [-0.15, -0.1) is 0 Å². The second kappa shape index (κ2) is 14.7. The number of rotatable bonds is 14. The lowest BCUT2D eigenvalue weighted by molar-refractivity contribution is -0.116. The number of carbonyl (C=O) groups is 3. The Hall–Kier alpha value is -4.65. The zero-order valence-electron chi connectivity index (χ0n) is 19.7. The van der Waals surface area contributed by atoms with Crippen molar-refractivity contribution >= 4 is 17.5 Å². The molecule has 0 aliphatic rings. The Morgan fingerprint density at radius 3 is 1.73 bits per heavy atom. The summed E-state index contributed by atoms with van der Waals surface area (Å²) in [6, 6.07) is 19.4. The Bertz CT molecular complexity index is 1190. The highest BCUT2D eigenvalue weighted by atomic mass is 16.5. The number of benzene rings is 3. The highest BCUT2D eigenvalue weighted by Gasteiger charge is 2.12. The van der Waals surface area contributed by atoms with E-state index in [1.165, 1.54) is 12.3 Å². The SMILES string of the molecule is C.C=COCCCOc1ccc(C(=O)Oc2ccc(C(=O)c3ccc(OCC(=O)C=C)cc3)cc2)cc1. The lowest BCUT2D eigenvalue weighted by Gasteiger charge is -2.08. The number of ether oxygens (including phenoxy) is 4. The topological polar surface area (TPSA) is 88.1 Å². The van der Waals surface area contributed by atoms with Crippen molar-refractivity contribution in [3.63, 3.8) is 0 Å². The molecule has 3 rings (SSSR count). The van der Waals surface area contributed by atoms with Crippen LogP contribution in [0.3, 0.4) is 0 Å². The van der Waals surface area contributed by atoms with Gasteiger partial charge in [0.15, 0.2) is 18.2 Å². The molecule has 0 aliphatic heterocycles. The largest absolute Gasteiger partial charge is 0.502 e. The maximum Gasteiger partial charge on any atom is 0.343 e. The van der Waals surface area contributed by atoms with E-state index in [2.05, 4.69) is 13.2 Å².